The number of benzene rings is 1. The Hall–Kier alpha value is -1.98. The maximum atomic E-state index is 11.0. The van der Waals surface area contributed by atoms with Gasteiger partial charge in [0.05, 0.1) is 4.52 Å². The fourth-order valence-electron chi connectivity index (χ4n) is 0.900. The number of para-hydroxylation sites is 1. The van der Waals surface area contributed by atoms with Crippen molar-refractivity contribution < 1.29 is 12.6 Å². The molecule has 6 nitrogen and oxygen atoms in total. The van der Waals surface area contributed by atoms with Gasteiger partial charge >= 0.3 is 10.3 Å². The fraction of sp³-hybridized carbons (Fsp3) is 0. The third kappa shape index (κ3) is 3.01. The number of nitrogens with zero attached hydrogens (tertiary/aromatic N) is 3. The molecular formula is C8H7N3O3S. The summed E-state index contributed by atoms with van der Waals surface area (Å²) in [6.45, 7) is 3.49. The summed E-state index contributed by atoms with van der Waals surface area (Å²) in [4.78, 5) is 2.15. The quantitative estimate of drug-likeness (QED) is 0.447. The summed E-state index contributed by atoms with van der Waals surface area (Å²) < 4.78 is 29.1. The lowest BCUT2D eigenvalue weighted by molar-refractivity contribution is 0.487. The molecule has 0 N–H and O–H groups in total. The molecule has 0 unspecified atom stereocenters. The first-order valence-corrected chi connectivity index (χ1v) is 5.18. The van der Waals surface area contributed by atoms with Crippen LogP contribution in [-0.2, 0) is 10.3 Å². The molecule has 0 atom stereocenters. The molecule has 1 aromatic carbocycles. The predicted octanol–water partition coefficient (Wildman–Crippen LogP) is 2.26. The largest absolute Gasteiger partial charge is 0.403 e. The van der Waals surface area contributed by atoms with Crippen molar-refractivity contribution in [3.8, 4) is 5.75 Å². The number of rotatable bonds is 4. The number of hydrogen-bond acceptors (Lipinski definition) is 3. The molecule has 0 saturated carbocycles. The van der Waals surface area contributed by atoms with Crippen LogP contribution in [0, 0.1) is 0 Å². The zero-order valence-corrected chi connectivity index (χ0v) is 8.38. The highest BCUT2D eigenvalue weighted by atomic mass is 32.2. The lowest BCUT2D eigenvalue weighted by Crippen LogP contribution is -2.05. The fourth-order valence-corrected chi connectivity index (χ4v) is 1.40. The van der Waals surface area contributed by atoms with E-state index in [-0.39, 0.29) is 5.75 Å². The third-order valence-corrected chi connectivity index (χ3v) is 2.13. The van der Waals surface area contributed by atoms with Gasteiger partial charge < -0.3 is 4.18 Å². The lowest BCUT2D eigenvalue weighted by atomic mass is 10.2. The Morgan fingerprint density at radius 1 is 1.47 bits per heavy atom. The van der Waals surface area contributed by atoms with Crippen molar-refractivity contribution in [2.45, 2.75) is 0 Å². The Morgan fingerprint density at radius 3 is 2.73 bits per heavy atom. The van der Waals surface area contributed by atoms with Gasteiger partial charge in [-0.2, -0.15) is 8.42 Å². The van der Waals surface area contributed by atoms with E-state index in [0.717, 1.165) is 0 Å². The van der Waals surface area contributed by atoms with E-state index in [4.69, 9.17) is 5.53 Å². The second-order valence-corrected chi connectivity index (χ2v) is 3.61. The second kappa shape index (κ2) is 4.50. The van der Waals surface area contributed by atoms with Gasteiger partial charge in [0.15, 0.2) is 0 Å². The van der Waals surface area contributed by atoms with E-state index in [2.05, 4.69) is 20.2 Å². The minimum absolute atomic E-state index is 0.0694. The van der Waals surface area contributed by atoms with Crippen LogP contribution in [0.2, 0.25) is 0 Å². The van der Waals surface area contributed by atoms with Crippen molar-refractivity contribution in [1.29, 1.82) is 0 Å². The highest BCUT2D eigenvalue weighted by molar-refractivity contribution is 7.85. The summed E-state index contributed by atoms with van der Waals surface area (Å²) in [6.07, 6.45) is 1.43. The molecule has 0 radical (unpaired) electrons. The first-order valence-electron chi connectivity index (χ1n) is 3.81. The molecule has 0 spiro atoms. The maximum absolute atomic E-state index is 11.0. The molecule has 0 aliphatic rings. The Kier molecular flexibility index (Phi) is 3.33. The summed E-state index contributed by atoms with van der Waals surface area (Å²) >= 11 is 0. The Bertz CT molecular complexity index is 518. The van der Waals surface area contributed by atoms with Crippen LogP contribution in [0.5, 0.6) is 5.75 Å². The highest BCUT2D eigenvalue weighted by Gasteiger charge is 2.11. The van der Waals surface area contributed by atoms with Crippen LogP contribution >= 0.6 is 0 Å². The molecule has 0 aromatic heterocycles. The molecule has 0 saturated heterocycles. The summed E-state index contributed by atoms with van der Waals surface area (Å²) in [5.41, 5.74) is 8.48. The van der Waals surface area contributed by atoms with Gasteiger partial charge in [0.2, 0.25) is 0 Å². The first kappa shape index (κ1) is 11.1. The average molecular weight is 225 g/mol. The minimum atomic E-state index is -4.26. The van der Waals surface area contributed by atoms with Crippen molar-refractivity contribution in [3.63, 3.8) is 0 Å². The first-order chi connectivity index (χ1) is 7.09. The molecule has 1 rings (SSSR count). The van der Waals surface area contributed by atoms with E-state index >= 15 is 0 Å². The Balaban J connectivity index is 3.09. The normalized spacial score (nSPS) is 10.1. The van der Waals surface area contributed by atoms with Gasteiger partial charge in [0.25, 0.3) is 0 Å². The molecular weight excluding hydrogens is 218 g/mol. The molecule has 0 heterocycles. The van der Waals surface area contributed by atoms with Crippen molar-refractivity contribution in [1.82, 2.24) is 0 Å². The topological polar surface area (TPSA) is 92.1 Å². The van der Waals surface area contributed by atoms with E-state index in [0.29, 0.717) is 5.56 Å². The van der Waals surface area contributed by atoms with Crippen LogP contribution in [-0.4, -0.2) is 8.42 Å². The van der Waals surface area contributed by atoms with Crippen LogP contribution in [0.15, 0.2) is 35.4 Å². The van der Waals surface area contributed by atoms with E-state index in [9.17, 15) is 8.42 Å². The van der Waals surface area contributed by atoms with Crippen molar-refractivity contribution in [2.75, 3.05) is 0 Å². The molecule has 0 amide bonds. The summed E-state index contributed by atoms with van der Waals surface area (Å²) in [6, 6.07) is 6.34. The van der Waals surface area contributed by atoms with Crippen LogP contribution < -0.4 is 4.18 Å². The Labute approximate surface area is 86.7 Å². The van der Waals surface area contributed by atoms with Crippen LogP contribution in [0.4, 0.5) is 0 Å². The standard InChI is InChI=1S/C8H7N3O3S/c1-2-7-5-3-4-6-8(7)14-15(12,13)11-10-9/h2-6H,1H2. The number of azide groups is 1. The summed E-state index contributed by atoms with van der Waals surface area (Å²) in [7, 11) is -4.26. The molecule has 0 aliphatic heterocycles. The predicted molar refractivity (Wildman–Crippen MR) is 55.2 cm³/mol. The number of hydrogen-bond donors (Lipinski definition) is 0. The molecule has 0 bridgehead atoms. The van der Waals surface area contributed by atoms with E-state index in [1.54, 1.807) is 18.2 Å². The van der Waals surface area contributed by atoms with Crippen molar-refractivity contribution in [3.05, 3.63) is 46.9 Å². The highest BCUT2D eigenvalue weighted by Crippen LogP contribution is 2.20. The second-order valence-electron chi connectivity index (χ2n) is 2.42. The van der Waals surface area contributed by atoms with Gasteiger partial charge in [-0.05, 0) is 11.6 Å². The monoisotopic (exact) mass is 225 g/mol. The molecule has 0 aliphatic carbocycles. The molecule has 78 valence electrons. The maximum Gasteiger partial charge on any atom is 0.403 e. The average Bonchev–Trinajstić information content (AvgIpc) is 2.17. The molecule has 15 heavy (non-hydrogen) atoms. The van der Waals surface area contributed by atoms with Gasteiger partial charge in [-0.3, -0.25) is 0 Å². The molecule has 1 aromatic rings. The molecule has 0 fully saturated rings. The van der Waals surface area contributed by atoms with Gasteiger partial charge in [-0.25, -0.2) is 0 Å². The van der Waals surface area contributed by atoms with Crippen LogP contribution in [0.25, 0.3) is 16.5 Å². The van der Waals surface area contributed by atoms with E-state index in [1.807, 2.05) is 0 Å². The smallest absolute Gasteiger partial charge is 0.376 e. The van der Waals surface area contributed by atoms with Gasteiger partial charge in [0.1, 0.15) is 5.75 Å². The van der Waals surface area contributed by atoms with Gasteiger partial charge in [-0.1, -0.05) is 30.9 Å². The van der Waals surface area contributed by atoms with E-state index in [1.165, 1.54) is 12.1 Å². The van der Waals surface area contributed by atoms with Crippen molar-refractivity contribution in [2.24, 2.45) is 4.52 Å². The summed E-state index contributed by atoms with van der Waals surface area (Å²) in [5.74, 6) is 0.0694. The molecule has 7 heteroatoms. The SMILES string of the molecule is C=Cc1ccccc1OS(=O)(=O)N=[N+]=[N-]. The van der Waals surface area contributed by atoms with Gasteiger partial charge in [-0.15, -0.1) is 0 Å². The minimum Gasteiger partial charge on any atom is -0.376 e. The van der Waals surface area contributed by atoms with Crippen molar-refractivity contribution >= 4 is 16.4 Å². The Morgan fingerprint density at radius 2 is 2.13 bits per heavy atom. The zero-order valence-electron chi connectivity index (χ0n) is 7.57. The van der Waals surface area contributed by atoms with Crippen LogP contribution in [0.1, 0.15) is 5.56 Å². The third-order valence-electron chi connectivity index (χ3n) is 1.47. The van der Waals surface area contributed by atoms with Gasteiger partial charge in [0, 0.05) is 10.5 Å². The lowest BCUT2D eigenvalue weighted by Gasteiger charge is -2.04. The summed E-state index contributed by atoms with van der Waals surface area (Å²) in [5, 5.41) is 0. The zero-order chi connectivity index (χ0) is 11.3. The van der Waals surface area contributed by atoms with Crippen LogP contribution in [0.3, 0.4) is 0 Å². The van der Waals surface area contributed by atoms with E-state index < -0.39 is 10.3 Å².